The van der Waals surface area contributed by atoms with E-state index in [9.17, 15) is 13.2 Å². The fraction of sp³-hybridized carbons (Fsp3) is 0.650. The molecule has 1 atom stereocenters. The molecular formula is C20H31F3N4O2. The van der Waals surface area contributed by atoms with Gasteiger partial charge in [-0.25, -0.2) is 4.99 Å². The average molecular weight is 416 g/mol. The van der Waals surface area contributed by atoms with E-state index in [4.69, 9.17) is 9.47 Å². The summed E-state index contributed by atoms with van der Waals surface area (Å²) in [6, 6.07) is 4.25. The Morgan fingerprint density at radius 2 is 1.86 bits per heavy atom. The lowest BCUT2D eigenvalue weighted by Gasteiger charge is -2.39. The van der Waals surface area contributed by atoms with Crippen LogP contribution >= 0.6 is 0 Å². The van der Waals surface area contributed by atoms with Crippen molar-refractivity contribution in [2.75, 3.05) is 46.4 Å². The van der Waals surface area contributed by atoms with Crippen molar-refractivity contribution in [1.82, 2.24) is 15.1 Å². The van der Waals surface area contributed by atoms with Crippen LogP contribution in [-0.2, 0) is 6.54 Å². The molecule has 1 aromatic rings. The predicted octanol–water partition coefficient (Wildman–Crippen LogP) is 3.13. The standard InChI is InChI=1S/C20H31F3N4O2/c1-5-24-19(27-11-9-26(10-12-27)15(3)20(21,22)23)25-14-16-7-8-17(29-6-2)18(13-16)28-4/h7-8,13,15H,5-6,9-12,14H2,1-4H3,(H,24,25). The summed E-state index contributed by atoms with van der Waals surface area (Å²) in [6.45, 7) is 8.47. The zero-order valence-electron chi connectivity index (χ0n) is 17.6. The first-order valence-corrected chi connectivity index (χ1v) is 9.93. The van der Waals surface area contributed by atoms with E-state index in [1.165, 1.54) is 11.8 Å². The first kappa shape index (κ1) is 23.1. The third-order valence-electron chi connectivity index (χ3n) is 4.91. The number of halogens is 3. The summed E-state index contributed by atoms with van der Waals surface area (Å²) >= 11 is 0. The Kier molecular flexibility index (Phi) is 8.43. The van der Waals surface area contributed by atoms with Gasteiger partial charge < -0.3 is 19.7 Å². The number of hydrogen-bond acceptors (Lipinski definition) is 4. The van der Waals surface area contributed by atoms with Crippen molar-refractivity contribution in [2.45, 2.75) is 39.5 Å². The van der Waals surface area contributed by atoms with E-state index in [2.05, 4.69) is 10.3 Å². The second-order valence-electron chi connectivity index (χ2n) is 6.83. The summed E-state index contributed by atoms with van der Waals surface area (Å²) in [5, 5.41) is 3.24. The molecule has 0 aromatic heterocycles. The Balaban J connectivity index is 2.04. The topological polar surface area (TPSA) is 49.3 Å². The van der Waals surface area contributed by atoms with Gasteiger partial charge in [-0.1, -0.05) is 6.07 Å². The number of nitrogens with one attached hydrogen (secondary N) is 1. The van der Waals surface area contributed by atoms with Gasteiger partial charge in [0.15, 0.2) is 17.5 Å². The summed E-state index contributed by atoms with van der Waals surface area (Å²) in [7, 11) is 1.59. The van der Waals surface area contributed by atoms with Crippen molar-refractivity contribution in [2.24, 2.45) is 4.99 Å². The van der Waals surface area contributed by atoms with E-state index in [-0.39, 0.29) is 0 Å². The molecule has 2 rings (SSSR count). The molecule has 1 saturated heterocycles. The number of benzene rings is 1. The first-order valence-electron chi connectivity index (χ1n) is 9.93. The average Bonchev–Trinajstić information content (AvgIpc) is 2.71. The Labute approximate surface area is 170 Å². The van der Waals surface area contributed by atoms with Crippen LogP contribution in [0, 0.1) is 0 Å². The number of methoxy groups -OCH3 is 1. The van der Waals surface area contributed by atoms with Crippen LogP contribution in [-0.4, -0.2) is 74.4 Å². The molecular weight excluding hydrogens is 385 g/mol. The molecule has 1 fully saturated rings. The quantitative estimate of drug-likeness (QED) is 0.547. The van der Waals surface area contributed by atoms with E-state index in [0.29, 0.717) is 63.3 Å². The summed E-state index contributed by atoms with van der Waals surface area (Å²) in [4.78, 5) is 8.15. The van der Waals surface area contributed by atoms with Crippen LogP contribution in [0.5, 0.6) is 11.5 Å². The molecule has 1 aromatic carbocycles. The number of nitrogens with zero attached hydrogens (tertiary/aromatic N) is 3. The molecule has 0 radical (unpaired) electrons. The van der Waals surface area contributed by atoms with E-state index >= 15 is 0 Å². The predicted molar refractivity (Wildman–Crippen MR) is 108 cm³/mol. The summed E-state index contributed by atoms with van der Waals surface area (Å²) in [6.07, 6.45) is -4.20. The minimum absolute atomic E-state index is 0.349. The Bertz CT molecular complexity index is 674. The van der Waals surface area contributed by atoms with Gasteiger partial charge in [0.25, 0.3) is 0 Å². The highest BCUT2D eigenvalue weighted by Gasteiger charge is 2.41. The molecule has 1 aliphatic rings. The van der Waals surface area contributed by atoms with Crippen molar-refractivity contribution >= 4 is 5.96 Å². The molecule has 0 bridgehead atoms. The molecule has 0 spiro atoms. The van der Waals surface area contributed by atoms with E-state index < -0.39 is 12.2 Å². The van der Waals surface area contributed by atoms with Crippen LogP contribution in [0.4, 0.5) is 13.2 Å². The van der Waals surface area contributed by atoms with Crippen molar-refractivity contribution < 1.29 is 22.6 Å². The monoisotopic (exact) mass is 416 g/mol. The molecule has 0 saturated carbocycles. The van der Waals surface area contributed by atoms with E-state index in [1.807, 2.05) is 36.9 Å². The van der Waals surface area contributed by atoms with Crippen molar-refractivity contribution in [3.05, 3.63) is 23.8 Å². The van der Waals surface area contributed by atoms with Gasteiger partial charge in [0.1, 0.15) is 6.04 Å². The first-order chi connectivity index (χ1) is 13.8. The number of ether oxygens (including phenoxy) is 2. The van der Waals surface area contributed by atoms with Crippen LogP contribution < -0.4 is 14.8 Å². The largest absolute Gasteiger partial charge is 0.493 e. The van der Waals surface area contributed by atoms with Crippen LogP contribution in [0.25, 0.3) is 0 Å². The second kappa shape index (κ2) is 10.6. The van der Waals surface area contributed by atoms with Crippen LogP contribution in [0.3, 0.4) is 0 Å². The van der Waals surface area contributed by atoms with Gasteiger partial charge in [-0.2, -0.15) is 13.2 Å². The molecule has 29 heavy (non-hydrogen) atoms. The fourth-order valence-electron chi connectivity index (χ4n) is 3.21. The maximum absolute atomic E-state index is 12.9. The highest BCUT2D eigenvalue weighted by atomic mass is 19.4. The Morgan fingerprint density at radius 3 is 2.41 bits per heavy atom. The van der Waals surface area contributed by atoms with Gasteiger partial charge in [-0.15, -0.1) is 0 Å². The van der Waals surface area contributed by atoms with Gasteiger partial charge >= 0.3 is 6.18 Å². The molecule has 0 amide bonds. The SMILES string of the molecule is CCNC(=NCc1ccc(OCC)c(OC)c1)N1CCN(C(C)C(F)(F)F)CC1. The minimum atomic E-state index is -4.20. The molecule has 1 unspecified atom stereocenters. The van der Waals surface area contributed by atoms with Crippen LogP contribution in [0.15, 0.2) is 23.2 Å². The highest BCUT2D eigenvalue weighted by Crippen LogP contribution is 2.28. The van der Waals surface area contributed by atoms with Crippen LogP contribution in [0.1, 0.15) is 26.3 Å². The molecule has 1 aliphatic heterocycles. The molecule has 6 nitrogen and oxygen atoms in total. The van der Waals surface area contributed by atoms with Crippen molar-refractivity contribution in [3.8, 4) is 11.5 Å². The smallest absolute Gasteiger partial charge is 0.403 e. The zero-order valence-corrected chi connectivity index (χ0v) is 17.6. The van der Waals surface area contributed by atoms with Gasteiger partial charge in [-0.05, 0) is 38.5 Å². The second-order valence-corrected chi connectivity index (χ2v) is 6.83. The van der Waals surface area contributed by atoms with Crippen molar-refractivity contribution in [1.29, 1.82) is 0 Å². The maximum Gasteiger partial charge on any atom is 0.403 e. The molecule has 1 N–H and O–H groups in total. The molecule has 0 aliphatic carbocycles. The van der Waals surface area contributed by atoms with Gasteiger partial charge in [0, 0.05) is 32.7 Å². The van der Waals surface area contributed by atoms with Gasteiger partial charge in [0.05, 0.1) is 20.3 Å². The number of piperazine rings is 1. The normalized spacial score (nSPS) is 17.2. The maximum atomic E-state index is 12.9. The molecule has 164 valence electrons. The molecule has 1 heterocycles. The van der Waals surface area contributed by atoms with Gasteiger partial charge in [-0.3, -0.25) is 4.90 Å². The highest BCUT2D eigenvalue weighted by molar-refractivity contribution is 5.80. The molecule has 9 heteroatoms. The lowest BCUT2D eigenvalue weighted by Crippen LogP contribution is -2.56. The van der Waals surface area contributed by atoms with E-state index in [0.717, 1.165) is 5.56 Å². The van der Waals surface area contributed by atoms with Crippen LogP contribution in [0.2, 0.25) is 0 Å². The number of hydrogen-bond donors (Lipinski definition) is 1. The fourth-order valence-corrected chi connectivity index (χ4v) is 3.21. The van der Waals surface area contributed by atoms with Crippen molar-refractivity contribution in [3.63, 3.8) is 0 Å². The zero-order chi connectivity index (χ0) is 21.4. The number of guanidine groups is 1. The number of rotatable bonds is 7. The lowest BCUT2D eigenvalue weighted by atomic mass is 10.2. The summed E-state index contributed by atoms with van der Waals surface area (Å²) < 4.78 is 49.7. The lowest BCUT2D eigenvalue weighted by molar-refractivity contribution is -0.181. The van der Waals surface area contributed by atoms with Gasteiger partial charge in [0.2, 0.25) is 0 Å². The number of alkyl halides is 3. The third kappa shape index (κ3) is 6.42. The Hall–Kier alpha value is -2.16. The number of aliphatic imine (C=N–C) groups is 1. The van der Waals surface area contributed by atoms with E-state index in [1.54, 1.807) is 7.11 Å². The third-order valence-corrected chi connectivity index (χ3v) is 4.91. The Morgan fingerprint density at radius 1 is 1.17 bits per heavy atom. The summed E-state index contributed by atoms with van der Waals surface area (Å²) in [5.41, 5.74) is 0.963. The minimum Gasteiger partial charge on any atom is -0.493 e. The summed E-state index contributed by atoms with van der Waals surface area (Å²) in [5.74, 6) is 2.04.